The number of hydrogen-bond donors (Lipinski definition) is 2. The Morgan fingerprint density at radius 2 is 2.12 bits per heavy atom. The summed E-state index contributed by atoms with van der Waals surface area (Å²) in [5.74, 6) is -0.199. The van der Waals surface area contributed by atoms with Gasteiger partial charge in [-0.1, -0.05) is 30.3 Å². The Kier molecular flexibility index (Phi) is 6.29. The Morgan fingerprint density at radius 3 is 2.76 bits per heavy atom. The molecule has 2 N–H and O–H groups in total. The van der Waals surface area contributed by atoms with Gasteiger partial charge < -0.3 is 15.2 Å². The molecule has 1 rings (SSSR count). The number of nitrogens with one attached hydrogen (secondary N) is 1. The molecule has 0 heterocycles. The van der Waals surface area contributed by atoms with Crippen LogP contribution in [0.15, 0.2) is 30.3 Å². The predicted octanol–water partition coefficient (Wildman–Crippen LogP) is 1.26. The van der Waals surface area contributed by atoms with Gasteiger partial charge in [-0.2, -0.15) is 0 Å². The van der Waals surface area contributed by atoms with Gasteiger partial charge in [0, 0.05) is 13.0 Å². The van der Waals surface area contributed by atoms with Crippen LogP contribution in [0, 0.1) is 0 Å². The second-order valence-electron chi connectivity index (χ2n) is 3.81. The quantitative estimate of drug-likeness (QED) is 0.554. The fourth-order valence-electron chi connectivity index (χ4n) is 1.49. The number of hydrogen-bond acceptors (Lipinski definition) is 4. The SMILES string of the molecule is COC(=O)CCCNCC(O)c1ccccc1. The van der Waals surface area contributed by atoms with Crippen LogP contribution in [0.5, 0.6) is 0 Å². The lowest BCUT2D eigenvalue weighted by molar-refractivity contribution is -0.140. The lowest BCUT2D eigenvalue weighted by atomic mass is 10.1. The Labute approximate surface area is 102 Å². The molecule has 94 valence electrons. The van der Waals surface area contributed by atoms with Crippen LogP contribution in [0.2, 0.25) is 0 Å². The monoisotopic (exact) mass is 237 g/mol. The van der Waals surface area contributed by atoms with E-state index in [1.807, 2.05) is 30.3 Å². The summed E-state index contributed by atoms with van der Waals surface area (Å²) in [6.45, 7) is 1.18. The maximum Gasteiger partial charge on any atom is 0.305 e. The summed E-state index contributed by atoms with van der Waals surface area (Å²) in [6.07, 6.45) is 0.619. The lowest BCUT2D eigenvalue weighted by Gasteiger charge is -2.11. The van der Waals surface area contributed by atoms with E-state index < -0.39 is 6.10 Å². The molecule has 0 saturated carbocycles. The topological polar surface area (TPSA) is 58.6 Å². The van der Waals surface area contributed by atoms with Gasteiger partial charge in [-0.3, -0.25) is 4.79 Å². The van der Waals surface area contributed by atoms with Gasteiger partial charge in [0.1, 0.15) is 0 Å². The number of rotatable bonds is 7. The average Bonchev–Trinajstić information content (AvgIpc) is 2.38. The number of aliphatic hydroxyl groups excluding tert-OH is 1. The van der Waals surface area contributed by atoms with Gasteiger partial charge in [0.2, 0.25) is 0 Å². The second-order valence-corrected chi connectivity index (χ2v) is 3.81. The first-order chi connectivity index (χ1) is 8.24. The Morgan fingerprint density at radius 1 is 1.41 bits per heavy atom. The van der Waals surface area contributed by atoms with Crippen molar-refractivity contribution >= 4 is 5.97 Å². The number of ether oxygens (including phenoxy) is 1. The van der Waals surface area contributed by atoms with Gasteiger partial charge >= 0.3 is 5.97 Å². The van der Waals surface area contributed by atoms with E-state index in [-0.39, 0.29) is 5.97 Å². The molecule has 1 atom stereocenters. The van der Waals surface area contributed by atoms with Crippen molar-refractivity contribution < 1.29 is 14.6 Å². The molecule has 0 radical (unpaired) electrons. The van der Waals surface area contributed by atoms with Gasteiger partial charge in [-0.15, -0.1) is 0 Å². The molecule has 0 aliphatic carbocycles. The minimum Gasteiger partial charge on any atom is -0.469 e. The summed E-state index contributed by atoms with van der Waals surface area (Å²) in [6, 6.07) is 9.49. The van der Waals surface area contributed by atoms with Gasteiger partial charge in [0.15, 0.2) is 0 Å². The first-order valence-electron chi connectivity index (χ1n) is 5.74. The summed E-state index contributed by atoms with van der Waals surface area (Å²) in [5, 5.41) is 12.9. The average molecular weight is 237 g/mol. The van der Waals surface area contributed by atoms with E-state index in [1.54, 1.807) is 0 Å². The molecular formula is C13H19NO3. The molecule has 0 aliphatic rings. The molecule has 0 aliphatic heterocycles. The van der Waals surface area contributed by atoms with Gasteiger partial charge in [0.05, 0.1) is 13.2 Å². The van der Waals surface area contributed by atoms with Crippen molar-refractivity contribution in [2.75, 3.05) is 20.2 Å². The zero-order valence-electron chi connectivity index (χ0n) is 10.1. The number of carbonyl (C=O) groups excluding carboxylic acids is 1. The van der Waals surface area contributed by atoms with Crippen LogP contribution in [-0.4, -0.2) is 31.3 Å². The Hall–Kier alpha value is -1.39. The molecule has 1 aromatic rings. The zero-order chi connectivity index (χ0) is 12.5. The number of methoxy groups -OCH3 is 1. The van der Waals surface area contributed by atoms with Crippen LogP contribution in [0.4, 0.5) is 0 Å². The molecule has 17 heavy (non-hydrogen) atoms. The summed E-state index contributed by atoms with van der Waals surface area (Å²) >= 11 is 0. The van der Waals surface area contributed by atoms with Crippen molar-refractivity contribution in [1.82, 2.24) is 5.32 Å². The fraction of sp³-hybridized carbons (Fsp3) is 0.462. The summed E-state index contributed by atoms with van der Waals surface area (Å²) in [7, 11) is 1.38. The van der Waals surface area contributed by atoms with Crippen LogP contribution in [0.25, 0.3) is 0 Å². The third-order valence-corrected chi connectivity index (χ3v) is 2.48. The van der Waals surface area contributed by atoms with E-state index in [4.69, 9.17) is 0 Å². The summed E-state index contributed by atoms with van der Waals surface area (Å²) < 4.78 is 4.53. The van der Waals surface area contributed by atoms with E-state index in [1.165, 1.54) is 7.11 Å². The maximum atomic E-state index is 10.8. The molecule has 1 aromatic carbocycles. The predicted molar refractivity (Wildman–Crippen MR) is 65.5 cm³/mol. The highest BCUT2D eigenvalue weighted by atomic mass is 16.5. The van der Waals surface area contributed by atoms with E-state index in [2.05, 4.69) is 10.1 Å². The van der Waals surface area contributed by atoms with Crippen molar-refractivity contribution in [1.29, 1.82) is 0 Å². The molecular weight excluding hydrogens is 218 g/mol. The fourth-order valence-corrected chi connectivity index (χ4v) is 1.49. The van der Waals surface area contributed by atoms with Gasteiger partial charge in [-0.05, 0) is 18.5 Å². The van der Waals surface area contributed by atoms with Crippen LogP contribution >= 0.6 is 0 Å². The third kappa shape index (κ3) is 5.47. The van der Waals surface area contributed by atoms with E-state index in [9.17, 15) is 9.90 Å². The van der Waals surface area contributed by atoms with Crippen LogP contribution < -0.4 is 5.32 Å². The number of esters is 1. The van der Waals surface area contributed by atoms with Crippen molar-refractivity contribution in [2.45, 2.75) is 18.9 Å². The van der Waals surface area contributed by atoms with E-state index in [0.29, 0.717) is 25.9 Å². The Bertz CT molecular complexity index is 327. The van der Waals surface area contributed by atoms with Crippen molar-refractivity contribution in [3.05, 3.63) is 35.9 Å². The lowest BCUT2D eigenvalue weighted by Crippen LogP contribution is -2.23. The number of carbonyl (C=O) groups is 1. The number of aliphatic hydroxyl groups is 1. The second kappa shape index (κ2) is 7.81. The van der Waals surface area contributed by atoms with E-state index in [0.717, 1.165) is 5.56 Å². The van der Waals surface area contributed by atoms with Crippen LogP contribution in [0.1, 0.15) is 24.5 Å². The minimum absolute atomic E-state index is 0.199. The largest absolute Gasteiger partial charge is 0.469 e. The Balaban J connectivity index is 2.13. The van der Waals surface area contributed by atoms with Gasteiger partial charge in [0.25, 0.3) is 0 Å². The smallest absolute Gasteiger partial charge is 0.305 e. The molecule has 0 fully saturated rings. The van der Waals surface area contributed by atoms with Crippen molar-refractivity contribution in [2.24, 2.45) is 0 Å². The van der Waals surface area contributed by atoms with Crippen LogP contribution in [-0.2, 0) is 9.53 Å². The summed E-state index contributed by atoms with van der Waals surface area (Å²) in [5.41, 5.74) is 0.896. The van der Waals surface area contributed by atoms with Crippen molar-refractivity contribution in [3.63, 3.8) is 0 Å². The molecule has 0 amide bonds. The maximum absolute atomic E-state index is 10.8. The third-order valence-electron chi connectivity index (χ3n) is 2.48. The highest BCUT2D eigenvalue weighted by Gasteiger charge is 2.05. The highest BCUT2D eigenvalue weighted by molar-refractivity contribution is 5.69. The molecule has 0 spiro atoms. The summed E-state index contributed by atoms with van der Waals surface area (Å²) in [4.78, 5) is 10.8. The minimum atomic E-state index is -0.505. The zero-order valence-corrected chi connectivity index (χ0v) is 10.1. The van der Waals surface area contributed by atoms with E-state index >= 15 is 0 Å². The molecule has 4 heteroatoms. The molecule has 0 bridgehead atoms. The standard InChI is InChI=1S/C13H19NO3/c1-17-13(16)8-5-9-14-10-12(15)11-6-3-2-4-7-11/h2-4,6-7,12,14-15H,5,8-10H2,1H3. The molecule has 4 nitrogen and oxygen atoms in total. The van der Waals surface area contributed by atoms with Crippen LogP contribution in [0.3, 0.4) is 0 Å². The highest BCUT2D eigenvalue weighted by Crippen LogP contribution is 2.10. The number of benzene rings is 1. The molecule has 0 saturated heterocycles. The first kappa shape index (κ1) is 13.7. The van der Waals surface area contributed by atoms with Crippen molar-refractivity contribution in [3.8, 4) is 0 Å². The molecule has 1 unspecified atom stereocenters. The normalized spacial score (nSPS) is 12.1. The molecule has 0 aromatic heterocycles. The van der Waals surface area contributed by atoms with Gasteiger partial charge in [-0.25, -0.2) is 0 Å². The first-order valence-corrected chi connectivity index (χ1v) is 5.74.